The zero-order valence-electron chi connectivity index (χ0n) is 15.9. The van der Waals surface area contributed by atoms with E-state index in [0.29, 0.717) is 10.4 Å². The molecule has 10 heteroatoms. The Balaban J connectivity index is 2.39. The zero-order chi connectivity index (χ0) is 22.0. The molecule has 0 aliphatic carbocycles. The van der Waals surface area contributed by atoms with Crippen molar-refractivity contribution in [3.63, 3.8) is 0 Å². The monoisotopic (exact) mass is 448 g/mol. The maximum Gasteiger partial charge on any atom is 0.417 e. The number of halogens is 4. The summed E-state index contributed by atoms with van der Waals surface area (Å²) in [5.74, 6) is -0.567. The topological polar surface area (TPSA) is 57.7 Å². The summed E-state index contributed by atoms with van der Waals surface area (Å²) < 4.78 is 64.9. The van der Waals surface area contributed by atoms with Crippen LogP contribution in [-0.4, -0.2) is 38.6 Å². The Hall–Kier alpha value is -2.26. The van der Waals surface area contributed by atoms with Crippen LogP contribution < -0.4 is 4.31 Å². The van der Waals surface area contributed by atoms with Crippen LogP contribution in [0.25, 0.3) is 0 Å². The summed E-state index contributed by atoms with van der Waals surface area (Å²) >= 11 is 5.62. The molecular formula is C19H20ClF3N2O3S. The molecule has 0 bridgehead atoms. The Kier molecular flexibility index (Phi) is 6.85. The van der Waals surface area contributed by atoms with Gasteiger partial charge in [-0.05, 0) is 30.7 Å². The van der Waals surface area contributed by atoms with E-state index in [4.69, 9.17) is 11.6 Å². The number of anilines is 1. The van der Waals surface area contributed by atoms with Crippen molar-refractivity contribution in [1.82, 2.24) is 4.90 Å². The van der Waals surface area contributed by atoms with Crippen LogP contribution in [0.3, 0.4) is 0 Å². The minimum absolute atomic E-state index is 0.218. The average molecular weight is 449 g/mol. The summed E-state index contributed by atoms with van der Waals surface area (Å²) in [4.78, 5) is 14.1. The molecule has 5 nitrogen and oxygen atoms in total. The van der Waals surface area contributed by atoms with Gasteiger partial charge in [0.2, 0.25) is 15.9 Å². The predicted molar refractivity (Wildman–Crippen MR) is 106 cm³/mol. The van der Waals surface area contributed by atoms with Crippen LogP contribution in [0.5, 0.6) is 0 Å². The number of hydrogen-bond acceptors (Lipinski definition) is 3. The van der Waals surface area contributed by atoms with Crippen molar-refractivity contribution in [3.8, 4) is 0 Å². The third-order valence-corrected chi connectivity index (χ3v) is 5.79. The molecule has 2 aromatic rings. The molecule has 0 saturated heterocycles. The Bertz CT molecular complexity index is 982. The fourth-order valence-electron chi connectivity index (χ4n) is 2.92. The quantitative estimate of drug-likeness (QED) is 0.666. The van der Waals surface area contributed by atoms with E-state index < -0.39 is 38.7 Å². The van der Waals surface area contributed by atoms with Crippen molar-refractivity contribution >= 4 is 33.2 Å². The first-order valence-corrected chi connectivity index (χ1v) is 10.7. The van der Waals surface area contributed by atoms with E-state index in [1.165, 1.54) is 18.9 Å². The number of sulfonamides is 1. The Labute approximate surface area is 172 Å². The maximum atomic E-state index is 13.2. The van der Waals surface area contributed by atoms with Gasteiger partial charge in [0.25, 0.3) is 0 Å². The Morgan fingerprint density at radius 3 is 2.24 bits per heavy atom. The summed E-state index contributed by atoms with van der Waals surface area (Å²) in [7, 11) is -2.57. The van der Waals surface area contributed by atoms with Crippen LogP contribution in [0.4, 0.5) is 18.9 Å². The molecule has 0 radical (unpaired) electrons. The van der Waals surface area contributed by atoms with Crippen LogP contribution in [0, 0.1) is 0 Å². The van der Waals surface area contributed by atoms with E-state index in [-0.39, 0.29) is 12.2 Å². The molecule has 0 aliphatic heterocycles. The largest absolute Gasteiger partial charge is 0.417 e. The minimum Gasteiger partial charge on any atom is -0.340 e. The van der Waals surface area contributed by atoms with E-state index in [1.807, 2.05) is 6.07 Å². The van der Waals surface area contributed by atoms with Crippen molar-refractivity contribution < 1.29 is 26.4 Å². The maximum absolute atomic E-state index is 13.2. The van der Waals surface area contributed by atoms with Gasteiger partial charge in [-0.25, -0.2) is 8.42 Å². The van der Waals surface area contributed by atoms with Gasteiger partial charge < -0.3 is 4.90 Å². The van der Waals surface area contributed by atoms with Crippen LogP contribution in [0.1, 0.15) is 18.1 Å². The van der Waals surface area contributed by atoms with E-state index in [0.717, 1.165) is 24.0 Å². The van der Waals surface area contributed by atoms with Gasteiger partial charge in [0, 0.05) is 13.6 Å². The lowest BCUT2D eigenvalue weighted by molar-refractivity contribution is -0.137. The normalized spacial score (nSPS) is 13.1. The van der Waals surface area contributed by atoms with Gasteiger partial charge in [-0.3, -0.25) is 9.10 Å². The Morgan fingerprint density at radius 1 is 1.14 bits per heavy atom. The van der Waals surface area contributed by atoms with E-state index >= 15 is 0 Å². The number of hydrogen-bond donors (Lipinski definition) is 0. The van der Waals surface area contributed by atoms with Crippen LogP contribution in [0.15, 0.2) is 48.5 Å². The highest BCUT2D eigenvalue weighted by molar-refractivity contribution is 7.92. The van der Waals surface area contributed by atoms with Crippen molar-refractivity contribution in [2.75, 3.05) is 17.6 Å². The Morgan fingerprint density at radius 2 is 1.72 bits per heavy atom. The number of carbonyl (C=O) groups is 1. The lowest BCUT2D eigenvalue weighted by atomic mass is 10.1. The van der Waals surface area contributed by atoms with Gasteiger partial charge >= 0.3 is 6.18 Å². The molecule has 1 atom stereocenters. The van der Waals surface area contributed by atoms with Gasteiger partial charge in [0.15, 0.2) is 0 Å². The SMILES string of the molecule is C[C@H](C(=O)N(C)Cc1ccccc1)N(c1ccc(Cl)c(C(F)(F)F)c1)S(C)(=O)=O. The predicted octanol–water partition coefficient (Wildman–Crippen LogP) is 4.17. The smallest absolute Gasteiger partial charge is 0.340 e. The molecule has 0 N–H and O–H groups in total. The molecule has 0 unspecified atom stereocenters. The van der Waals surface area contributed by atoms with Crippen LogP contribution >= 0.6 is 11.6 Å². The van der Waals surface area contributed by atoms with E-state index in [2.05, 4.69) is 0 Å². The molecule has 1 amide bonds. The number of alkyl halides is 3. The fourth-order valence-corrected chi connectivity index (χ4v) is 4.31. The highest BCUT2D eigenvalue weighted by Gasteiger charge is 2.36. The molecule has 29 heavy (non-hydrogen) atoms. The summed E-state index contributed by atoms with van der Waals surface area (Å²) in [6.45, 7) is 1.54. The third-order valence-electron chi connectivity index (χ3n) is 4.22. The van der Waals surface area contributed by atoms with Crippen molar-refractivity contribution in [1.29, 1.82) is 0 Å². The third kappa shape index (κ3) is 5.63. The summed E-state index contributed by atoms with van der Waals surface area (Å²) in [6.07, 6.45) is -3.94. The lowest BCUT2D eigenvalue weighted by Crippen LogP contribution is -2.48. The molecular weight excluding hydrogens is 429 g/mol. The zero-order valence-corrected chi connectivity index (χ0v) is 17.5. The van der Waals surface area contributed by atoms with Gasteiger partial charge in [0.05, 0.1) is 22.5 Å². The molecule has 0 fully saturated rings. The number of amides is 1. The fraction of sp³-hybridized carbons (Fsp3) is 0.316. The summed E-state index contributed by atoms with van der Waals surface area (Å²) in [6, 6.07) is 10.5. The van der Waals surface area contributed by atoms with Crippen LogP contribution in [0.2, 0.25) is 5.02 Å². The number of carbonyl (C=O) groups excluding carboxylic acids is 1. The average Bonchev–Trinajstić information content (AvgIpc) is 2.61. The van der Waals surface area contributed by atoms with E-state index in [1.54, 1.807) is 24.3 Å². The number of benzene rings is 2. The highest BCUT2D eigenvalue weighted by atomic mass is 35.5. The van der Waals surface area contributed by atoms with Gasteiger partial charge in [-0.1, -0.05) is 41.9 Å². The summed E-state index contributed by atoms with van der Waals surface area (Å²) in [5, 5.41) is -0.560. The molecule has 0 aliphatic rings. The lowest BCUT2D eigenvalue weighted by Gasteiger charge is -2.31. The molecule has 158 valence electrons. The highest BCUT2D eigenvalue weighted by Crippen LogP contribution is 2.37. The molecule has 0 spiro atoms. The first-order chi connectivity index (χ1) is 13.3. The molecule has 2 aromatic carbocycles. The first-order valence-electron chi connectivity index (χ1n) is 8.47. The molecule has 0 aromatic heterocycles. The molecule has 0 saturated carbocycles. The molecule has 2 rings (SSSR count). The minimum atomic E-state index is -4.77. The van der Waals surface area contributed by atoms with Gasteiger partial charge in [-0.2, -0.15) is 13.2 Å². The first kappa shape index (κ1) is 23.0. The van der Waals surface area contributed by atoms with Gasteiger partial charge in [0.1, 0.15) is 6.04 Å². The standard InChI is InChI=1S/C19H20ClF3N2O3S/c1-13(18(26)24(2)12-14-7-5-4-6-8-14)25(29(3,27)28)15-9-10-17(20)16(11-15)19(21,22)23/h4-11,13H,12H2,1-3H3/t13-/m1/s1. The number of likely N-dealkylation sites (N-methyl/N-ethyl adjacent to an activating group) is 1. The number of nitrogens with zero attached hydrogens (tertiary/aromatic N) is 2. The number of rotatable bonds is 6. The van der Waals surface area contributed by atoms with Crippen LogP contribution in [-0.2, 0) is 27.5 Å². The van der Waals surface area contributed by atoms with Crippen molar-refractivity contribution in [2.24, 2.45) is 0 Å². The van der Waals surface area contributed by atoms with E-state index in [9.17, 15) is 26.4 Å². The van der Waals surface area contributed by atoms with Gasteiger partial charge in [-0.15, -0.1) is 0 Å². The second kappa shape index (κ2) is 8.62. The van der Waals surface area contributed by atoms with Crippen molar-refractivity contribution in [3.05, 3.63) is 64.7 Å². The second-order valence-electron chi connectivity index (χ2n) is 6.58. The molecule has 0 heterocycles. The van der Waals surface area contributed by atoms with Crippen molar-refractivity contribution in [2.45, 2.75) is 25.7 Å². The second-order valence-corrected chi connectivity index (χ2v) is 8.84. The summed E-state index contributed by atoms with van der Waals surface area (Å²) in [5.41, 5.74) is -0.645.